The Morgan fingerprint density at radius 3 is 1.45 bits per heavy atom. The Morgan fingerprint density at radius 1 is 0.600 bits per heavy atom. The van der Waals surface area contributed by atoms with Crippen molar-refractivity contribution >= 4 is 8.46 Å². The van der Waals surface area contributed by atoms with Gasteiger partial charge in [0.25, 0.3) is 0 Å². The summed E-state index contributed by atoms with van der Waals surface area (Å²) < 4.78 is 11.6. The van der Waals surface area contributed by atoms with Crippen LogP contribution in [0.4, 0.5) is 0 Å². The molecular formula is C18H37OP. The smallest absolute Gasteiger partial charge is 0.162 e. The van der Waals surface area contributed by atoms with E-state index in [4.69, 9.17) is 0 Å². The van der Waals surface area contributed by atoms with E-state index in [0.29, 0.717) is 8.46 Å². The molecule has 0 aliphatic heterocycles. The van der Waals surface area contributed by atoms with Crippen LogP contribution in [0.2, 0.25) is 0 Å². The van der Waals surface area contributed by atoms with Crippen molar-refractivity contribution in [3.8, 4) is 0 Å². The Labute approximate surface area is 129 Å². The van der Waals surface area contributed by atoms with Gasteiger partial charge in [0.1, 0.15) is 0 Å². The first-order valence-electron chi connectivity index (χ1n) is 9.09. The van der Waals surface area contributed by atoms with Crippen molar-refractivity contribution in [1.29, 1.82) is 0 Å². The second-order valence-corrected chi connectivity index (χ2v) is 7.53. The molecule has 0 aromatic rings. The van der Waals surface area contributed by atoms with E-state index >= 15 is 0 Å². The lowest BCUT2D eigenvalue weighted by molar-refractivity contribution is 0.415. The lowest BCUT2D eigenvalue weighted by atomic mass is 9.90. The van der Waals surface area contributed by atoms with Gasteiger partial charge in [0.05, 0.1) is 5.16 Å². The SMILES string of the molecule is CCCCCCCCCCCC(CCC)(CCC)P=O. The molecule has 0 aliphatic carbocycles. The first kappa shape index (κ1) is 20.1. The molecule has 0 saturated heterocycles. The number of rotatable bonds is 15. The maximum absolute atomic E-state index is 11.6. The molecule has 2 heteroatoms. The number of unbranched alkanes of at least 4 members (excludes halogenated alkanes) is 8. The zero-order chi connectivity index (χ0) is 15.1. The zero-order valence-corrected chi connectivity index (χ0v) is 15.1. The van der Waals surface area contributed by atoms with Gasteiger partial charge in [-0.3, -0.25) is 4.57 Å². The van der Waals surface area contributed by atoms with E-state index in [1.165, 1.54) is 57.8 Å². The largest absolute Gasteiger partial charge is 0.274 e. The van der Waals surface area contributed by atoms with Crippen LogP contribution in [-0.2, 0) is 4.57 Å². The first-order valence-corrected chi connectivity index (χ1v) is 9.90. The van der Waals surface area contributed by atoms with Crippen molar-refractivity contribution < 1.29 is 4.57 Å². The third-order valence-electron chi connectivity index (χ3n) is 4.37. The van der Waals surface area contributed by atoms with Gasteiger partial charge in [0.15, 0.2) is 8.46 Å². The molecule has 0 rings (SSSR count). The molecule has 0 fully saturated rings. The molecule has 0 aromatic carbocycles. The summed E-state index contributed by atoms with van der Waals surface area (Å²) in [6, 6.07) is 0. The van der Waals surface area contributed by atoms with Crippen molar-refractivity contribution in [1.82, 2.24) is 0 Å². The van der Waals surface area contributed by atoms with E-state index in [2.05, 4.69) is 20.8 Å². The minimum Gasteiger partial charge on any atom is -0.274 e. The van der Waals surface area contributed by atoms with Gasteiger partial charge >= 0.3 is 0 Å². The summed E-state index contributed by atoms with van der Waals surface area (Å²) in [5, 5.41) is 0.102. The van der Waals surface area contributed by atoms with Crippen molar-refractivity contribution in [2.75, 3.05) is 0 Å². The fourth-order valence-electron chi connectivity index (χ4n) is 3.21. The van der Waals surface area contributed by atoms with Crippen molar-refractivity contribution in [3.63, 3.8) is 0 Å². The summed E-state index contributed by atoms with van der Waals surface area (Å²) >= 11 is 0. The highest BCUT2D eigenvalue weighted by molar-refractivity contribution is 7.26. The Hall–Kier alpha value is 0.100. The fourth-order valence-corrected chi connectivity index (χ4v) is 4.09. The molecule has 20 heavy (non-hydrogen) atoms. The lowest BCUT2D eigenvalue weighted by Gasteiger charge is -2.26. The quantitative estimate of drug-likeness (QED) is 0.225. The topological polar surface area (TPSA) is 17.1 Å². The Balaban J connectivity index is 3.65. The average molecular weight is 300 g/mol. The summed E-state index contributed by atoms with van der Waals surface area (Å²) in [5.74, 6) is 0. The minimum absolute atomic E-state index is 0.102. The van der Waals surface area contributed by atoms with E-state index in [1.54, 1.807) is 0 Å². The van der Waals surface area contributed by atoms with Gasteiger partial charge in [0, 0.05) is 0 Å². The minimum atomic E-state index is 0.102. The molecule has 0 radical (unpaired) electrons. The maximum Gasteiger partial charge on any atom is 0.162 e. The van der Waals surface area contributed by atoms with E-state index in [0.717, 1.165) is 32.1 Å². The normalized spacial score (nSPS) is 12.2. The van der Waals surface area contributed by atoms with Gasteiger partial charge in [-0.1, -0.05) is 91.4 Å². The van der Waals surface area contributed by atoms with Crippen LogP contribution in [0.3, 0.4) is 0 Å². The van der Waals surface area contributed by atoms with E-state index in [-0.39, 0.29) is 5.16 Å². The van der Waals surface area contributed by atoms with E-state index in [1.807, 2.05) is 0 Å². The fraction of sp³-hybridized carbons (Fsp3) is 1.00. The predicted octanol–water partition coefficient (Wildman–Crippen LogP) is 7.54. The van der Waals surface area contributed by atoms with Gasteiger partial charge in [0.2, 0.25) is 0 Å². The highest BCUT2D eigenvalue weighted by Gasteiger charge is 2.28. The molecule has 0 aromatic heterocycles. The molecule has 0 bridgehead atoms. The molecule has 1 nitrogen and oxygen atoms in total. The van der Waals surface area contributed by atoms with Crippen LogP contribution in [0.5, 0.6) is 0 Å². The standard InChI is InChI=1S/C18H37OP/c1-4-7-8-9-10-11-12-13-14-17-18(20-19,15-5-2)16-6-3/h4-17H2,1-3H3. The Kier molecular flexibility index (Phi) is 14.1. The van der Waals surface area contributed by atoms with Crippen molar-refractivity contribution in [2.45, 2.75) is 116 Å². The third kappa shape index (κ3) is 9.92. The molecule has 0 saturated carbocycles. The Bertz CT molecular complexity index is 209. The monoisotopic (exact) mass is 300 g/mol. The lowest BCUT2D eigenvalue weighted by Crippen LogP contribution is -2.21. The van der Waals surface area contributed by atoms with Crippen LogP contribution in [-0.4, -0.2) is 5.16 Å². The van der Waals surface area contributed by atoms with Crippen LogP contribution < -0.4 is 0 Å². The molecule has 0 spiro atoms. The van der Waals surface area contributed by atoms with Crippen LogP contribution in [0.1, 0.15) is 111 Å². The summed E-state index contributed by atoms with van der Waals surface area (Å²) in [6.45, 7) is 6.70. The average Bonchev–Trinajstić information content (AvgIpc) is 2.46. The maximum atomic E-state index is 11.6. The molecule has 0 aliphatic rings. The summed E-state index contributed by atoms with van der Waals surface area (Å²) in [4.78, 5) is 0. The van der Waals surface area contributed by atoms with Crippen LogP contribution >= 0.6 is 8.46 Å². The highest BCUT2D eigenvalue weighted by atomic mass is 31.1. The first-order chi connectivity index (χ1) is 9.74. The Morgan fingerprint density at radius 2 is 1.05 bits per heavy atom. The second kappa shape index (κ2) is 14.1. The third-order valence-corrected chi connectivity index (χ3v) is 5.43. The summed E-state index contributed by atoms with van der Waals surface area (Å²) in [5.41, 5.74) is 0. The van der Waals surface area contributed by atoms with Gasteiger partial charge in [-0.05, 0) is 19.3 Å². The van der Waals surface area contributed by atoms with E-state index in [9.17, 15) is 4.57 Å². The van der Waals surface area contributed by atoms with E-state index < -0.39 is 0 Å². The second-order valence-electron chi connectivity index (χ2n) is 6.39. The molecule has 120 valence electrons. The molecule has 0 atom stereocenters. The summed E-state index contributed by atoms with van der Waals surface area (Å²) in [6.07, 6.45) is 18.1. The zero-order valence-electron chi connectivity index (χ0n) is 14.3. The molecular weight excluding hydrogens is 263 g/mol. The van der Waals surface area contributed by atoms with Crippen molar-refractivity contribution in [2.24, 2.45) is 0 Å². The van der Waals surface area contributed by atoms with Gasteiger partial charge < -0.3 is 0 Å². The molecule has 0 amide bonds. The van der Waals surface area contributed by atoms with Gasteiger partial charge in [-0.25, -0.2) is 0 Å². The molecule has 0 heterocycles. The van der Waals surface area contributed by atoms with Gasteiger partial charge in [-0.15, -0.1) is 0 Å². The van der Waals surface area contributed by atoms with Crippen LogP contribution in [0.15, 0.2) is 0 Å². The van der Waals surface area contributed by atoms with Crippen molar-refractivity contribution in [3.05, 3.63) is 0 Å². The molecule has 0 unspecified atom stereocenters. The van der Waals surface area contributed by atoms with Crippen LogP contribution in [0, 0.1) is 0 Å². The predicted molar refractivity (Wildman–Crippen MR) is 92.0 cm³/mol. The van der Waals surface area contributed by atoms with Crippen LogP contribution in [0.25, 0.3) is 0 Å². The molecule has 0 N–H and O–H groups in total. The number of hydrogen-bond acceptors (Lipinski definition) is 1. The van der Waals surface area contributed by atoms with Gasteiger partial charge in [-0.2, -0.15) is 0 Å². The summed E-state index contributed by atoms with van der Waals surface area (Å²) in [7, 11) is 0.394. The number of hydrogen-bond donors (Lipinski definition) is 0. The highest BCUT2D eigenvalue weighted by Crippen LogP contribution is 2.38.